The minimum atomic E-state index is 0.548. The van der Waals surface area contributed by atoms with Crippen LogP contribution < -0.4 is 0 Å². The van der Waals surface area contributed by atoms with Crippen molar-refractivity contribution in [2.45, 2.75) is 47.0 Å². The summed E-state index contributed by atoms with van der Waals surface area (Å²) >= 11 is 0. The topological polar surface area (TPSA) is 0 Å². The lowest BCUT2D eigenvalue weighted by Gasteiger charge is -2.24. The van der Waals surface area contributed by atoms with Crippen molar-refractivity contribution < 1.29 is 0 Å². The highest BCUT2D eigenvalue weighted by atomic mass is 14.2. The van der Waals surface area contributed by atoms with Crippen LogP contribution in [0, 0.1) is 5.41 Å². The van der Waals surface area contributed by atoms with Crippen molar-refractivity contribution in [3.05, 3.63) is 12.2 Å². The van der Waals surface area contributed by atoms with Crippen LogP contribution in [0.4, 0.5) is 0 Å². The highest BCUT2D eigenvalue weighted by molar-refractivity contribution is 4.85. The largest absolute Gasteiger partial charge is 0.0916 e. The summed E-state index contributed by atoms with van der Waals surface area (Å²) in [5.74, 6) is 0. The molecule has 0 rings (SSSR count). The molecule has 0 heterocycles. The molecule has 60 valence electrons. The minimum absolute atomic E-state index is 0.548. The molecule has 0 aliphatic rings. The number of rotatable bonds is 4. The molecule has 0 saturated heterocycles. The fraction of sp³-hybridized carbons (Fsp3) is 0.800. The van der Waals surface area contributed by atoms with E-state index in [4.69, 9.17) is 0 Å². The summed E-state index contributed by atoms with van der Waals surface area (Å²) in [6.45, 7) is 8.98. The fourth-order valence-electron chi connectivity index (χ4n) is 0.941. The molecule has 0 N–H and O–H groups in total. The van der Waals surface area contributed by atoms with Crippen LogP contribution in [0.3, 0.4) is 0 Å². The lowest BCUT2D eigenvalue weighted by molar-refractivity contribution is 0.302. The average Bonchev–Trinajstić information content (AvgIpc) is 2.00. The van der Waals surface area contributed by atoms with Crippen LogP contribution in [0.25, 0.3) is 0 Å². The van der Waals surface area contributed by atoms with Crippen LogP contribution in [0.15, 0.2) is 12.2 Å². The number of hydrogen-bond acceptors (Lipinski definition) is 0. The highest BCUT2D eigenvalue weighted by Gasteiger charge is 2.16. The minimum Gasteiger partial charge on any atom is -0.0916 e. The van der Waals surface area contributed by atoms with Gasteiger partial charge in [0.1, 0.15) is 0 Å². The van der Waals surface area contributed by atoms with Crippen molar-refractivity contribution in [2.75, 3.05) is 0 Å². The van der Waals surface area contributed by atoms with Crippen molar-refractivity contribution in [1.29, 1.82) is 0 Å². The van der Waals surface area contributed by atoms with Gasteiger partial charge in [-0.2, -0.15) is 0 Å². The van der Waals surface area contributed by atoms with Crippen molar-refractivity contribution in [3.8, 4) is 0 Å². The maximum Gasteiger partial charge on any atom is -0.0297 e. The van der Waals surface area contributed by atoms with Gasteiger partial charge < -0.3 is 0 Å². The Morgan fingerprint density at radius 1 is 1.20 bits per heavy atom. The van der Waals surface area contributed by atoms with Gasteiger partial charge in [0.2, 0.25) is 0 Å². The SMILES string of the molecule is C/C=C\CC(C)(CC)CC. The lowest BCUT2D eigenvalue weighted by Crippen LogP contribution is -2.11. The average molecular weight is 140 g/mol. The number of allylic oxidation sites excluding steroid dienone is 2. The molecule has 0 amide bonds. The predicted octanol–water partition coefficient (Wildman–Crippen LogP) is 3.78. The van der Waals surface area contributed by atoms with Gasteiger partial charge in [-0.1, -0.05) is 45.8 Å². The van der Waals surface area contributed by atoms with Crippen LogP contribution in [-0.4, -0.2) is 0 Å². The zero-order chi connectivity index (χ0) is 8.04. The summed E-state index contributed by atoms with van der Waals surface area (Å²) in [5.41, 5.74) is 0.548. The predicted molar refractivity (Wildman–Crippen MR) is 48.1 cm³/mol. The highest BCUT2D eigenvalue weighted by Crippen LogP contribution is 2.29. The maximum atomic E-state index is 2.35. The Kier molecular flexibility index (Phi) is 4.42. The van der Waals surface area contributed by atoms with Gasteiger partial charge in [-0.25, -0.2) is 0 Å². The van der Waals surface area contributed by atoms with Gasteiger partial charge in [0.05, 0.1) is 0 Å². The van der Waals surface area contributed by atoms with Gasteiger partial charge in [-0.3, -0.25) is 0 Å². The van der Waals surface area contributed by atoms with Gasteiger partial charge in [-0.15, -0.1) is 0 Å². The molecule has 0 fully saturated rings. The molecular weight excluding hydrogens is 120 g/mol. The first-order chi connectivity index (χ1) is 4.68. The normalized spacial score (nSPS) is 12.8. The molecule has 0 atom stereocenters. The maximum absolute atomic E-state index is 2.35. The van der Waals surface area contributed by atoms with Crippen molar-refractivity contribution in [1.82, 2.24) is 0 Å². The zero-order valence-electron chi connectivity index (χ0n) is 7.78. The van der Waals surface area contributed by atoms with Gasteiger partial charge in [0.15, 0.2) is 0 Å². The molecule has 0 aliphatic carbocycles. The second-order valence-corrected chi connectivity index (χ2v) is 3.29. The Balaban J connectivity index is 3.80. The molecule has 0 aromatic carbocycles. The van der Waals surface area contributed by atoms with E-state index < -0.39 is 0 Å². The molecular formula is C10H20. The summed E-state index contributed by atoms with van der Waals surface area (Å²) in [4.78, 5) is 0. The van der Waals surface area contributed by atoms with Gasteiger partial charge in [0.25, 0.3) is 0 Å². The summed E-state index contributed by atoms with van der Waals surface area (Å²) in [6, 6.07) is 0. The van der Waals surface area contributed by atoms with E-state index >= 15 is 0 Å². The molecule has 0 aromatic rings. The molecule has 0 saturated carbocycles. The molecule has 10 heavy (non-hydrogen) atoms. The second kappa shape index (κ2) is 4.54. The summed E-state index contributed by atoms with van der Waals surface area (Å²) < 4.78 is 0. The first-order valence-corrected chi connectivity index (χ1v) is 4.29. The Hall–Kier alpha value is -0.260. The van der Waals surface area contributed by atoms with E-state index in [9.17, 15) is 0 Å². The quantitative estimate of drug-likeness (QED) is 0.521. The molecule has 0 unspecified atom stereocenters. The Labute approximate surface area is 65.3 Å². The molecule has 0 bridgehead atoms. The third-order valence-corrected chi connectivity index (χ3v) is 2.55. The first kappa shape index (κ1) is 9.74. The Morgan fingerprint density at radius 2 is 1.70 bits per heavy atom. The van der Waals surface area contributed by atoms with Crippen LogP contribution >= 0.6 is 0 Å². The Bertz CT molecular complexity index is 96.6. The molecule has 0 aromatic heterocycles. The molecule has 0 nitrogen and oxygen atoms in total. The Morgan fingerprint density at radius 3 is 2.00 bits per heavy atom. The van der Waals surface area contributed by atoms with Crippen molar-refractivity contribution >= 4 is 0 Å². The number of hydrogen-bond donors (Lipinski definition) is 0. The van der Waals surface area contributed by atoms with E-state index in [1.54, 1.807) is 0 Å². The van der Waals surface area contributed by atoms with Crippen LogP contribution in [0.5, 0.6) is 0 Å². The summed E-state index contributed by atoms with van der Waals surface area (Å²) in [6.07, 6.45) is 8.22. The van der Waals surface area contributed by atoms with E-state index in [-0.39, 0.29) is 0 Å². The van der Waals surface area contributed by atoms with E-state index in [2.05, 4.69) is 39.8 Å². The van der Waals surface area contributed by atoms with Crippen LogP contribution in [-0.2, 0) is 0 Å². The van der Waals surface area contributed by atoms with Crippen molar-refractivity contribution in [3.63, 3.8) is 0 Å². The standard InChI is InChI=1S/C10H20/c1-5-8-9-10(4,6-2)7-3/h5,8H,6-7,9H2,1-4H3/b8-5-. The van der Waals surface area contributed by atoms with Crippen LogP contribution in [0.2, 0.25) is 0 Å². The lowest BCUT2D eigenvalue weighted by atomic mass is 9.81. The van der Waals surface area contributed by atoms with Crippen molar-refractivity contribution in [2.24, 2.45) is 5.41 Å². The monoisotopic (exact) mass is 140 g/mol. The van der Waals surface area contributed by atoms with Gasteiger partial charge in [-0.05, 0) is 18.8 Å². The van der Waals surface area contributed by atoms with E-state index in [1.165, 1.54) is 19.3 Å². The van der Waals surface area contributed by atoms with E-state index in [1.807, 2.05) is 0 Å². The molecule has 0 radical (unpaired) electrons. The first-order valence-electron chi connectivity index (χ1n) is 4.29. The van der Waals surface area contributed by atoms with E-state index in [0.29, 0.717) is 5.41 Å². The van der Waals surface area contributed by atoms with E-state index in [0.717, 1.165) is 0 Å². The summed E-state index contributed by atoms with van der Waals surface area (Å²) in [5, 5.41) is 0. The third kappa shape index (κ3) is 3.05. The zero-order valence-corrected chi connectivity index (χ0v) is 7.78. The smallest absolute Gasteiger partial charge is 0.0297 e. The third-order valence-electron chi connectivity index (χ3n) is 2.55. The molecule has 0 aliphatic heterocycles. The van der Waals surface area contributed by atoms with Crippen LogP contribution in [0.1, 0.15) is 47.0 Å². The second-order valence-electron chi connectivity index (χ2n) is 3.29. The molecule has 0 spiro atoms. The fourth-order valence-corrected chi connectivity index (χ4v) is 0.941. The van der Waals surface area contributed by atoms with Gasteiger partial charge in [0, 0.05) is 0 Å². The molecule has 0 heteroatoms. The summed E-state index contributed by atoms with van der Waals surface area (Å²) in [7, 11) is 0. The van der Waals surface area contributed by atoms with Gasteiger partial charge >= 0.3 is 0 Å².